The summed E-state index contributed by atoms with van der Waals surface area (Å²) in [5, 5.41) is 4.05. The van der Waals surface area contributed by atoms with Crippen LogP contribution in [0, 0.1) is 0 Å². The van der Waals surface area contributed by atoms with Gasteiger partial charge in [-0.25, -0.2) is 4.98 Å². The van der Waals surface area contributed by atoms with Crippen LogP contribution in [-0.2, 0) is 13.6 Å². The van der Waals surface area contributed by atoms with E-state index >= 15 is 0 Å². The van der Waals surface area contributed by atoms with E-state index < -0.39 is 0 Å². The summed E-state index contributed by atoms with van der Waals surface area (Å²) in [6.07, 6.45) is 1.57. The lowest BCUT2D eigenvalue weighted by Crippen LogP contribution is -2.03. The van der Waals surface area contributed by atoms with Gasteiger partial charge in [0.05, 0.1) is 0 Å². The third-order valence-corrected chi connectivity index (χ3v) is 2.48. The van der Waals surface area contributed by atoms with Gasteiger partial charge >= 0.3 is 6.01 Å². The number of rotatable bonds is 4. The van der Waals surface area contributed by atoms with E-state index in [1.54, 1.807) is 18.1 Å². The van der Waals surface area contributed by atoms with Gasteiger partial charge in [-0.2, -0.15) is 4.98 Å². The molecule has 0 aliphatic heterocycles. The highest BCUT2D eigenvalue weighted by atomic mass is 16.5. The molecule has 0 unspecified atom stereocenters. The summed E-state index contributed by atoms with van der Waals surface area (Å²) in [6.45, 7) is 4.60. The summed E-state index contributed by atoms with van der Waals surface area (Å²) in [4.78, 5) is 8.42. The average Bonchev–Trinajstić information content (AvgIpc) is 2.74. The third-order valence-electron chi connectivity index (χ3n) is 2.48. The highest BCUT2D eigenvalue weighted by Crippen LogP contribution is 2.21. The van der Waals surface area contributed by atoms with E-state index in [1.165, 1.54) is 0 Å². The molecule has 6 nitrogen and oxygen atoms in total. The van der Waals surface area contributed by atoms with Crippen molar-refractivity contribution >= 4 is 0 Å². The van der Waals surface area contributed by atoms with Gasteiger partial charge in [0.1, 0.15) is 6.33 Å². The fourth-order valence-corrected chi connectivity index (χ4v) is 1.51. The molecule has 0 bridgehead atoms. The molecule has 0 aliphatic carbocycles. The Bertz CT molecular complexity index is 535. The minimum atomic E-state index is 0.286. The second-order valence-corrected chi connectivity index (χ2v) is 4.40. The van der Waals surface area contributed by atoms with E-state index in [9.17, 15) is 0 Å². The molecule has 0 fully saturated rings. The molecule has 0 atom stereocenters. The van der Waals surface area contributed by atoms with Crippen LogP contribution in [0.5, 0.6) is 11.9 Å². The Morgan fingerprint density at radius 1 is 1.39 bits per heavy atom. The SMILES string of the molecule is CC(C)c1cc(CN)cc(Oc2ncn(C)n2)n1. The molecule has 0 radical (unpaired) electrons. The Morgan fingerprint density at radius 3 is 2.72 bits per heavy atom. The van der Waals surface area contributed by atoms with Crippen LogP contribution in [0.2, 0.25) is 0 Å². The molecule has 2 rings (SSSR count). The number of ether oxygens (including phenoxy) is 1. The van der Waals surface area contributed by atoms with Crippen molar-refractivity contribution in [2.45, 2.75) is 26.3 Å². The second kappa shape index (κ2) is 5.14. The van der Waals surface area contributed by atoms with Gasteiger partial charge in [-0.1, -0.05) is 13.8 Å². The monoisotopic (exact) mass is 247 g/mol. The molecule has 0 aromatic carbocycles. The molecule has 2 heterocycles. The van der Waals surface area contributed by atoms with Crippen LogP contribution in [0.4, 0.5) is 0 Å². The zero-order chi connectivity index (χ0) is 13.1. The fraction of sp³-hybridized carbons (Fsp3) is 0.417. The number of aryl methyl sites for hydroxylation is 1. The zero-order valence-electron chi connectivity index (χ0n) is 10.8. The van der Waals surface area contributed by atoms with Crippen LogP contribution >= 0.6 is 0 Å². The maximum atomic E-state index is 5.67. The Balaban J connectivity index is 2.29. The third kappa shape index (κ3) is 2.84. The molecule has 18 heavy (non-hydrogen) atoms. The Hall–Kier alpha value is -1.95. The number of hydrogen-bond acceptors (Lipinski definition) is 5. The highest BCUT2D eigenvalue weighted by Gasteiger charge is 2.09. The summed E-state index contributed by atoms with van der Waals surface area (Å²) in [7, 11) is 1.78. The van der Waals surface area contributed by atoms with Crippen LogP contribution in [0.25, 0.3) is 0 Å². The van der Waals surface area contributed by atoms with Crippen molar-refractivity contribution in [1.29, 1.82) is 0 Å². The van der Waals surface area contributed by atoms with Gasteiger partial charge < -0.3 is 10.5 Å². The summed E-state index contributed by atoms with van der Waals surface area (Å²) in [5.41, 5.74) is 7.60. The van der Waals surface area contributed by atoms with Crippen molar-refractivity contribution in [3.63, 3.8) is 0 Å². The van der Waals surface area contributed by atoms with Gasteiger partial charge in [-0.15, -0.1) is 5.10 Å². The minimum Gasteiger partial charge on any atom is -0.404 e. The highest BCUT2D eigenvalue weighted by molar-refractivity contribution is 5.27. The average molecular weight is 247 g/mol. The predicted octanol–water partition coefficient (Wildman–Crippen LogP) is 1.58. The standard InChI is InChI=1S/C12H17N5O/c1-8(2)10-4-9(6-13)5-11(15-10)18-12-14-7-17(3)16-12/h4-5,7-8H,6,13H2,1-3H3. The maximum absolute atomic E-state index is 5.67. The maximum Gasteiger partial charge on any atom is 0.342 e. The normalized spacial score (nSPS) is 10.9. The predicted molar refractivity (Wildman–Crippen MR) is 67.3 cm³/mol. The molecular weight excluding hydrogens is 230 g/mol. The van der Waals surface area contributed by atoms with Gasteiger partial charge in [-0.05, 0) is 17.5 Å². The molecule has 0 spiro atoms. The van der Waals surface area contributed by atoms with Crippen LogP contribution in [0.1, 0.15) is 31.0 Å². The smallest absolute Gasteiger partial charge is 0.342 e. The quantitative estimate of drug-likeness (QED) is 0.887. The van der Waals surface area contributed by atoms with E-state index in [1.807, 2.05) is 12.1 Å². The number of pyridine rings is 1. The van der Waals surface area contributed by atoms with E-state index in [-0.39, 0.29) is 6.01 Å². The lowest BCUT2D eigenvalue weighted by Gasteiger charge is -2.09. The van der Waals surface area contributed by atoms with Crippen LogP contribution in [0.15, 0.2) is 18.5 Å². The Morgan fingerprint density at radius 2 is 2.17 bits per heavy atom. The van der Waals surface area contributed by atoms with E-state index in [4.69, 9.17) is 10.5 Å². The number of nitrogens with zero attached hydrogens (tertiary/aromatic N) is 4. The van der Waals surface area contributed by atoms with Crippen molar-refractivity contribution in [3.8, 4) is 11.9 Å². The van der Waals surface area contributed by atoms with Gasteiger partial charge in [0.15, 0.2) is 0 Å². The second-order valence-electron chi connectivity index (χ2n) is 4.40. The lowest BCUT2D eigenvalue weighted by atomic mass is 10.1. The van der Waals surface area contributed by atoms with Gasteiger partial charge in [0, 0.05) is 25.4 Å². The van der Waals surface area contributed by atoms with Crippen molar-refractivity contribution in [3.05, 3.63) is 29.7 Å². The fourth-order valence-electron chi connectivity index (χ4n) is 1.51. The molecule has 2 aromatic rings. The Kier molecular flexibility index (Phi) is 3.57. The van der Waals surface area contributed by atoms with E-state index in [2.05, 4.69) is 28.9 Å². The first-order valence-electron chi connectivity index (χ1n) is 5.83. The van der Waals surface area contributed by atoms with Gasteiger partial charge in [0.25, 0.3) is 0 Å². The minimum absolute atomic E-state index is 0.286. The number of nitrogens with two attached hydrogens (primary N) is 1. The summed E-state index contributed by atoms with van der Waals surface area (Å²) < 4.78 is 7.10. The molecule has 0 aliphatic rings. The van der Waals surface area contributed by atoms with Crippen LogP contribution in [0.3, 0.4) is 0 Å². The summed E-state index contributed by atoms with van der Waals surface area (Å²) in [5.74, 6) is 0.795. The van der Waals surface area contributed by atoms with Gasteiger partial charge in [0.2, 0.25) is 5.88 Å². The summed E-state index contributed by atoms with van der Waals surface area (Å²) >= 11 is 0. The molecule has 0 saturated carbocycles. The first-order valence-corrected chi connectivity index (χ1v) is 5.83. The molecule has 0 amide bonds. The topological polar surface area (TPSA) is 78.9 Å². The van der Waals surface area contributed by atoms with E-state index in [0.29, 0.717) is 18.3 Å². The first kappa shape index (κ1) is 12.5. The number of aromatic nitrogens is 4. The zero-order valence-corrected chi connectivity index (χ0v) is 10.8. The van der Waals surface area contributed by atoms with Crippen molar-refractivity contribution < 1.29 is 4.74 Å². The van der Waals surface area contributed by atoms with Crippen LogP contribution < -0.4 is 10.5 Å². The molecule has 6 heteroatoms. The molecular formula is C12H17N5O. The molecule has 0 saturated heterocycles. The van der Waals surface area contributed by atoms with E-state index in [0.717, 1.165) is 11.3 Å². The Labute approximate surface area is 106 Å². The largest absolute Gasteiger partial charge is 0.404 e. The number of hydrogen-bond donors (Lipinski definition) is 1. The lowest BCUT2D eigenvalue weighted by molar-refractivity contribution is 0.419. The summed E-state index contributed by atoms with van der Waals surface area (Å²) in [6, 6.07) is 4.08. The molecule has 96 valence electrons. The molecule has 2 aromatic heterocycles. The van der Waals surface area contributed by atoms with Crippen molar-refractivity contribution in [1.82, 2.24) is 19.7 Å². The van der Waals surface area contributed by atoms with Crippen molar-refractivity contribution in [2.24, 2.45) is 12.8 Å². The first-order chi connectivity index (χ1) is 8.58. The van der Waals surface area contributed by atoms with Crippen LogP contribution in [-0.4, -0.2) is 19.7 Å². The van der Waals surface area contributed by atoms with Gasteiger partial charge in [-0.3, -0.25) is 4.68 Å². The van der Waals surface area contributed by atoms with Crippen molar-refractivity contribution in [2.75, 3.05) is 0 Å². The molecule has 2 N–H and O–H groups in total.